The number of nitrogens with two attached hydrogens (primary N) is 1. The van der Waals surface area contributed by atoms with Gasteiger partial charge in [0, 0.05) is 12.7 Å². The minimum Gasteiger partial charge on any atom is -0.480 e. The minimum absolute atomic E-state index is 0.470. The van der Waals surface area contributed by atoms with Gasteiger partial charge in [0.15, 0.2) is 0 Å². The van der Waals surface area contributed by atoms with Crippen molar-refractivity contribution in [2.75, 3.05) is 18.9 Å². The van der Waals surface area contributed by atoms with Crippen LogP contribution in [0.3, 0.4) is 0 Å². The first kappa shape index (κ1) is 22.5. The Morgan fingerprint density at radius 1 is 0.871 bits per heavy atom. The zero-order valence-corrected chi connectivity index (χ0v) is 17.9. The highest BCUT2D eigenvalue weighted by molar-refractivity contribution is 5.72. The van der Waals surface area contributed by atoms with Gasteiger partial charge in [-0.15, -0.1) is 0 Å². The van der Waals surface area contributed by atoms with Crippen molar-refractivity contribution in [2.45, 2.75) is 30.8 Å². The third kappa shape index (κ3) is 5.32. The molecule has 0 bridgehead atoms. The molecule has 5 nitrogen and oxygen atoms in total. The van der Waals surface area contributed by atoms with Crippen LogP contribution in [0, 0.1) is 0 Å². The molecule has 0 heterocycles. The highest BCUT2D eigenvalue weighted by Crippen LogP contribution is 2.37. The molecule has 0 aliphatic heterocycles. The number of carboxylic acids is 1. The van der Waals surface area contributed by atoms with E-state index in [4.69, 9.17) is 10.8 Å². The van der Waals surface area contributed by atoms with Gasteiger partial charge in [0.1, 0.15) is 6.04 Å². The number of nitrogens with one attached hydrogen (secondary N) is 2. The summed E-state index contributed by atoms with van der Waals surface area (Å²) in [6, 6.07) is 28.5. The van der Waals surface area contributed by atoms with Crippen LogP contribution in [0.15, 0.2) is 84.9 Å². The number of carbonyl (C=O) groups is 1. The van der Waals surface area contributed by atoms with Gasteiger partial charge in [-0.1, -0.05) is 79.2 Å². The highest BCUT2D eigenvalue weighted by Gasteiger charge is 2.35. The van der Waals surface area contributed by atoms with Gasteiger partial charge < -0.3 is 16.2 Å². The predicted molar refractivity (Wildman–Crippen MR) is 126 cm³/mol. The van der Waals surface area contributed by atoms with E-state index in [0.717, 1.165) is 41.8 Å². The fraction of sp³-hybridized carbons (Fsp3) is 0.269. The molecule has 5 N–H and O–H groups in total. The van der Waals surface area contributed by atoms with Crippen molar-refractivity contribution in [3.8, 4) is 0 Å². The van der Waals surface area contributed by atoms with E-state index in [0.29, 0.717) is 6.42 Å². The lowest BCUT2D eigenvalue weighted by molar-refractivity contribution is -0.138. The van der Waals surface area contributed by atoms with Crippen molar-refractivity contribution < 1.29 is 9.90 Å². The number of hydrogen-bond acceptors (Lipinski definition) is 4. The largest absolute Gasteiger partial charge is 0.480 e. The summed E-state index contributed by atoms with van der Waals surface area (Å²) in [5, 5.41) is 16.0. The van der Waals surface area contributed by atoms with Gasteiger partial charge in [-0.05, 0) is 48.2 Å². The summed E-state index contributed by atoms with van der Waals surface area (Å²) >= 11 is 0. The van der Waals surface area contributed by atoms with Crippen LogP contribution < -0.4 is 16.4 Å². The van der Waals surface area contributed by atoms with Crippen LogP contribution in [0.25, 0.3) is 0 Å². The molecule has 1 unspecified atom stereocenters. The van der Waals surface area contributed by atoms with Gasteiger partial charge in [-0.25, -0.2) is 0 Å². The molecule has 0 saturated carbocycles. The van der Waals surface area contributed by atoms with Crippen LogP contribution in [-0.2, 0) is 10.3 Å². The molecule has 0 amide bonds. The predicted octanol–water partition coefficient (Wildman–Crippen LogP) is 4.19. The van der Waals surface area contributed by atoms with Crippen LogP contribution in [0.1, 0.15) is 36.0 Å². The number of unbranched alkanes of at least 4 members (excludes halogenated alkanes) is 1. The van der Waals surface area contributed by atoms with Gasteiger partial charge in [-0.3, -0.25) is 10.1 Å². The van der Waals surface area contributed by atoms with E-state index in [1.807, 2.05) is 19.2 Å². The molecule has 0 spiro atoms. The van der Waals surface area contributed by atoms with Crippen molar-refractivity contribution in [1.29, 1.82) is 0 Å². The SMILES string of the molecule is CNc1ccc(C(NCCCCC(N)C(=O)O)(c2ccccc2)c2ccccc2)cc1. The Balaban J connectivity index is 1.96. The van der Waals surface area contributed by atoms with Crippen LogP contribution in [0.2, 0.25) is 0 Å². The van der Waals surface area contributed by atoms with E-state index in [1.54, 1.807) is 0 Å². The Morgan fingerprint density at radius 2 is 1.39 bits per heavy atom. The number of aliphatic carboxylic acids is 1. The monoisotopic (exact) mass is 417 g/mol. The fourth-order valence-corrected chi connectivity index (χ4v) is 3.96. The van der Waals surface area contributed by atoms with E-state index >= 15 is 0 Å². The lowest BCUT2D eigenvalue weighted by atomic mass is 9.77. The van der Waals surface area contributed by atoms with Crippen molar-refractivity contribution in [3.05, 3.63) is 102 Å². The highest BCUT2D eigenvalue weighted by atomic mass is 16.4. The third-order valence-corrected chi connectivity index (χ3v) is 5.67. The number of anilines is 1. The summed E-state index contributed by atoms with van der Waals surface area (Å²) in [5.41, 5.74) is 9.64. The fourth-order valence-electron chi connectivity index (χ4n) is 3.96. The molecule has 0 aliphatic rings. The molecular weight excluding hydrogens is 386 g/mol. The zero-order valence-electron chi connectivity index (χ0n) is 17.9. The first-order valence-electron chi connectivity index (χ1n) is 10.7. The summed E-state index contributed by atoms with van der Waals surface area (Å²) < 4.78 is 0. The second-order valence-electron chi connectivity index (χ2n) is 7.68. The van der Waals surface area contributed by atoms with Crippen LogP contribution in [0.4, 0.5) is 5.69 Å². The van der Waals surface area contributed by atoms with E-state index in [9.17, 15) is 4.79 Å². The molecule has 0 aromatic heterocycles. The van der Waals surface area contributed by atoms with Crippen LogP contribution in [-0.4, -0.2) is 30.7 Å². The Labute approximate surface area is 184 Å². The van der Waals surface area contributed by atoms with Crippen molar-refractivity contribution in [2.24, 2.45) is 5.73 Å². The van der Waals surface area contributed by atoms with Gasteiger partial charge in [0.05, 0.1) is 5.54 Å². The normalized spacial score (nSPS) is 12.3. The molecule has 162 valence electrons. The summed E-state index contributed by atoms with van der Waals surface area (Å²) in [7, 11) is 1.91. The Morgan fingerprint density at radius 3 is 1.87 bits per heavy atom. The second kappa shape index (κ2) is 10.8. The standard InChI is InChI=1S/C26H31N3O2/c1-28-23-17-15-22(16-18-23)26(20-10-4-2-5-11-20,21-12-6-3-7-13-21)29-19-9-8-14-24(27)25(30)31/h2-7,10-13,15-18,24,28-29H,8-9,14,19,27H2,1H3,(H,30,31). The molecule has 0 fully saturated rings. The van der Waals surface area contributed by atoms with Crippen molar-refractivity contribution in [1.82, 2.24) is 5.32 Å². The molecule has 3 aromatic carbocycles. The van der Waals surface area contributed by atoms with Gasteiger partial charge >= 0.3 is 5.97 Å². The average molecular weight is 418 g/mol. The number of benzene rings is 3. The molecule has 3 rings (SSSR count). The summed E-state index contributed by atoms with van der Waals surface area (Å²) in [5.74, 6) is -0.944. The summed E-state index contributed by atoms with van der Waals surface area (Å²) in [4.78, 5) is 11.0. The topological polar surface area (TPSA) is 87.4 Å². The summed E-state index contributed by atoms with van der Waals surface area (Å²) in [6.45, 7) is 0.726. The lowest BCUT2D eigenvalue weighted by Gasteiger charge is -2.37. The van der Waals surface area contributed by atoms with Crippen molar-refractivity contribution >= 4 is 11.7 Å². The molecule has 0 saturated heterocycles. The third-order valence-electron chi connectivity index (χ3n) is 5.67. The number of carboxylic acid groups (broad SMARTS) is 1. The maximum absolute atomic E-state index is 11.0. The molecule has 5 heteroatoms. The summed E-state index contributed by atoms with van der Waals surface area (Å²) in [6.07, 6.45) is 2.05. The Bertz CT molecular complexity index is 904. The molecule has 1 atom stereocenters. The first-order valence-corrected chi connectivity index (χ1v) is 10.7. The minimum atomic E-state index is -0.944. The Kier molecular flexibility index (Phi) is 7.82. The maximum atomic E-state index is 11.0. The number of hydrogen-bond donors (Lipinski definition) is 4. The smallest absolute Gasteiger partial charge is 0.320 e. The van der Waals surface area contributed by atoms with E-state index in [2.05, 4.69) is 83.4 Å². The van der Waals surface area contributed by atoms with Crippen LogP contribution in [0.5, 0.6) is 0 Å². The second-order valence-corrected chi connectivity index (χ2v) is 7.68. The number of rotatable bonds is 11. The van der Waals surface area contributed by atoms with Gasteiger partial charge in [0.2, 0.25) is 0 Å². The molecule has 3 aromatic rings. The van der Waals surface area contributed by atoms with Crippen LogP contribution >= 0.6 is 0 Å². The maximum Gasteiger partial charge on any atom is 0.320 e. The van der Waals surface area contributed by atoms with Gasteiger partial charge in [-0.2, -0.15) is 0 Å². The Hall–Kier alpha value is -3.15. The lowest BCUT2D eigenvalue weighted by Crippen LogP contribution is -2.45. The first-order chi connectivity index (χ1) is 15.1. The van der Waals surface area contributed by atoms with E-state index in [1.165, 1.54) is 0 Å². The average Bonchev–Trinajstić information content (AvgIpc) is 2.82. The zero-order chi connectivity index (χ0) is 22.1. The molecule has 0 radical (unpaired) electrons. The van der Waals surface area contributed by atoms with Crippen molar-refractivity contribution in [3.63, 3.8) is 0 Å². The van der Waals surface area contributed by atoms with E-state index in [-0.39, 0.29) is 0 Å². The van der Waals surface area contributed by atoms with Gasteiger partial charge in [0.25, 0.3) is 0 Å². The molecule has 31 heavy (non-hydrogen) atoms. The van der Waals surface area contributed by atoms with E-state index < -0.39 is 17.6 Å². The molecular formula is C26H31N3O2. The molecule has 0 aliphatic carbocycles. The quantitative estimate of drug-likeness (QED) is 0.278.